The quantitative estimate of drug-likeness (QED) is 0.312. The van der Waals surface area contributed by atoms with Gasteiger partial charge in [-0.1, -0.05) is 13.3 Å². The Kier molecular flexibility index (Phi) is 7.11. The molecule has 0 atom stereocenters. The zero-order chi connectivity index (χ0) is 18.9. The lowest BCUT2D eigenvalue weighted by atomic mass is 10.2. The molecule has 0 aliphatic heterocycles. The van der Waals surface area contributed by atoms with Gasteiger partial charge in [-0.2, -0.15) is 0 Å². The van der Waals surface area contributed by atoms with E-state index in [-0.39, 0.29) is 17.0 Å². The van der Waals surface area contributed by atoms with Crippen molar-refractivity contribution in [3.05, 3.63) is 59.7 Å². The second kappa shape index (κ2) is 9.53. The van der Waals surface area contributed by atoms with Crippen molar-refractivity contribution in [1.82, 2.24) is 5.32 Å². The Morgan fingerprint density at radius 3 is 2.27 bits per heavy atom. The molecule has 0 bridgehead atoms. The minimum Gasteiger partial charge on any atom is -0.462 e. The van der Waals surface area contributed by atoms with Crippen LogP contribution in [-0.4, -0.2) is 23.6 Å². The molecule has 7 heteroatoms. The van der Waals surface area contributed by atoms with Crippen molar-refractivity contribution in [2.45, 2.75) is 19.8 Å². The first kappa shape index (κ1) is 19.4. The number of hydrogen-bond acceptors (Lipinski definition) is 5. The Balaban J connectivity index is 1.87. The van der Waals surface area contributed by atoms with Crippen LogP contribution >= 0.6 is 12.2 Å². The van der Waals surface area contributed by atoms with E-state index in [4.69, 9.17) is 22.7 Å². The van der Waals surface area contributed by atoms with E-state index >= 15 is 0 Å². The maximum Gasteiger partial charge on any atom is 0.338 e. The molecular weight excluding hydrogens is 350 g/mol. The van der Waals surface area contributed by atoms with Crippen LogP contribution in [0.5, 0.6) is 0 Å². The molecule has 0 spiro atoms. The Morgan fingerprint density at radius 2 is 1.65 bits per heavy atom. The van der Waals surface area contributed by atoms with Crippen molar-refractivity contribution in [3.63, 3.8) is 0 Å². The number of carbonyl (C=O) groups is 2. The van der Waals surface area contributed by atoms with Gasteiger partial charge < -0.3 is 15.8 Å². The SMILES string of the molecule is CCCCOC(=O)c1ccc(NC(=S)NC(=O)c2ccc(N)cc2)cc1. The van der Waals surface area contributed by atoms with E-state index in [0.29, 0.717) is 29.1 Å². The minimum absolute atomic E-state index is 0.157. The summed E-state index contributed by atoms with van der Waals surface area (Å²) >= 11 is 5.13. The summed E-state index contributed by atoms with van der Waals surface area (Å²) in [5.41, 5.74) is 7.74. The van der Waals surface area contributed by atoms with Crippen LogP contribution in [0.1, 0.15) is 40.5 Å². The van der Waals surface area contributed by atoms with Crippen LogP contribution in [0.15, 0.2) is 48.5 Å². The van der Waals surface area contributed by atoms with Crippen molar-refractivity contribution < 1.29 is 14.3 Å². The van der Waals surface area contributed by atoms with E-state index in [2.05, 4.69) is 10.6 Å². The van der Waals surface area contributed by atoms with Crippen molar-refractivity contribution in [3.8, 4) is 0 Å². The zero-order valence-electron chi connectivity index (χ0n) is 14.5. The van der Waals surface area contributed by atoms with Crippen molar-refractivity contribution in [1.29, 1.82) is 0 Å². The highest BCUT2D eigenvalue weighted by Crippen LogP contribution is 2.11. The predicted molar refractivity (Wildman–Crippen MR) is 106 cm³/mol. The lowest BCUT2D eigenvalue weighted by Crippen LogP contribution is -2.34. The number of carbonyl (C=O) groups excluding carboxylic acids is 2. The normalized spacial score (nSPS) is 10.0. The molecule has 1 amide bonds. The van der Waals surface area contributed by atoms with E-state index in [1.54, 1.807) is 48.5 Å². The number of esters is 1. The fourth-order valence-electron chi connectivity index (χ4n) is 2.05. The summed E-state index contributed by atoms with van der Waals surface area (Å²) in [6.07, 6.45) is 1.81. The highest BCUT2D eigenvalue weighted by Gasteiger charge is 2.09. The van der Waals surface area contributed by atoms with E-state index in [1.165, 1.54) is 0 Å². The number of anilines is 2. The third-order valence-electron chi connectivity index (χ3n) is 3.51. The van der Waals surface area contributed by atoms with Gasteiger partial charge in [-0.25, -0.2) is 4.79 Å². The fraction of sp³-hybridized carbons (Fsp3) is 0.211. The molecule has 6 nitrogen and oxygen atoms in total. The van der Waals surface area contributed by atoms with Gasteiger partial charge in [0, 0.05) is 16.9 Å². The van der Waals surface area contributed by atoms with E-state index < -0.39 is 0 Å². The number of benzene rings is 2. The van der Waals surface area contributed by atoms with E-state index in [9.17, 15) is 9.59 Å². The van der Waals surface area contributed by atoms with Crippen LogP contribution in [-0.2, 0) is 4.74 Å². The standard InChI is InChI=1S/C19H21N3O3S/c1-2-3-12-25-18(24)14-6-10-16(11-7-14)21-19(26)22-17(23)13-4-8-15(20)9-5-13/h4-11H,2-3,12,20H2,1H3,(H2,21,22,23,26). The molecule has 2 aromatic carbocycles. The van der Waals surface area contributed by atoms with Gasteiger partial charge in [0.05, 0.1) is 12.2 Å². The van der Waals surface area contributed by atoms with Gasteiger partial charge in [-0.3, -0.25) is 10.1 Å². The first-order valence-electron chi connectivity index (χ1n) is 8.24. The number of nitrogens with two attached hydrogens (primary N) is 1. The van der Waals surface area contributed by atoms with Crippen LogP contribution in [0.25, 0.3) is 0 Å². The number of rotatable bonds is 6. The Bertz CT molecular complexity index is 774. The topological polar surface area (TPSA) is 93.5 Å². The Morgan fingerprint density at radius 1 is 1.04 bits per heavy atom. The average Bonchev–Trinajstić information content (AvgIpc) is 2.62. The summed E-state index contributed by atoms with van der Waals surface area (Å²) in [5, 5.41) is 5.64. The summed E-state index contributed by atoms with van der Waals surface area (Å²) in [6, 6.07) is 13.2. The van der Waals surface area contributed by atoms with Gasteiger partial charge in [0.1, 0.15) is 0 Å². The first-order chi connectivity index (χ1) is 12.5. The van der Waals surface area contributed by atoms with Crippen LogP contribution in [0, 0.1) is 0 Å². The molecule has 0 aromatic heterocycles. The van der Waals surface area contributed by atoms with E-state index in [1.807, 2.05) is 6.92 Å². The monoisotopic (exact) mass is 371 g/mol. The van der Waals surface area contributed by atoms with Crippen LogP contribution in [0.3, 0.4) is 0 Å². The molecule has 0 aliphatic rings. The van der Waals surface area contributed by atoms with Crippen molar-refractivity contribution in [2.75, 3.05) is 17.7 Å². The van der Waals surface area contributed by atoms with Gasteiger partial charge >= 0.3 is 5.97 Å². The average molecular weight is 371 g/mol. The third-order valence-corrected chi connectivity index (χ3v) is 3.71. The number of amides is 1. The Hall–Kier alpha value is -2.93. The van der Waals surface area contributed by atoms with Gasteiger partial charge in [-0.05, 0) is 67.2 Å². The number of nitrogens with one attached hydrogen (secondary N) is 2. The van der Waals surface area contributed by atoms with Gasteiger partial charge in [0.2, 0.25) is 0 Å². The summed E-state index contributed by atoms with van der Waals surface area (Å²) < 4.78 is 5.15. The molecule has 0 saturated heterocycles. The lowest BCUT2D eigenvalue weighted by Gasteiger charge is -2.10. The highest BCUT2D eigenvalue weighted by atomic mass is 32.1. The maximum absolute atomic E-state index is 12.1. The van der Waals surface area contributed by atoms with Gasteiger partial charge in [0.15, 0.2) is 5.11 Å². The van der Waals surface area contributed by atoms with Crippen molar-refractivity contribution >= 4 is 40.6 Å². The predicted octanol–water partition coefficient (Wildman–Crippen LogP) is 3.35. The minimum atomic E-state index is -0.357. The second-order valence-corrected chi connectivity index (χ2v) is 6.01. The zero-order valence-corrected chi connectivity index (χ0v) is 15.3. The number of nitrogen functional groups attached to an aromatic ring is 1. The maximum atomic E-state index is 12.1. The number of thiocarbonyl (C=S) groups is 1. The summed E-state index contributed by atoms with van der Waals surface area (Å²) in [5.74, 6) is -0.692. The summed E-state index contributed by atoms with van der Waals surface area (Å²) in [6.45, 7) is 2.44. The molecule has 0 fully saturated rings. The van der Waals surface area contributed by atoms with Crippen molar-refractivity contribution in [2.24, 2.45) is 0 Å². The molecule has 0 heterocycles. The second-order valence-electron chi connectivity index (χ2n) is 5.60. The fourth-order valence-corrected chi connectivity index (χ4v) is 2.26. The van der Waals surface area contributed by atoms with E-state index in [0.717, 1.165) is 12.8 Å². The smallest absolute Gasteiger partial charge is 0.338 e. The molecule has 136 valence electrons. The molecule has 26 heavy (non-hydrogen) atoms. The number of unbranched alkanes of at least 4 members (excludes halogenated alkanes) is 1. The molecule has 0 unspecified atom stereocenters. The van der Waals surface area contributed by atoms with Crippen LogP contribution < -0.4 is 16.4 Å². The molecule has 0 radical (unpaired) electrons. The van der Waals surface area contributed by atoms with Crippen LogP contribution in [0.4, 0.5) is 11.4 Å². The molecule has 0 aliphatic carbocycles. The largest absolute Gasteiger partial charge is 0.462 e. The lowest BCUT2D eigenvalue weighted by molar-refractivity contribution is 0.0499. The molecular formula is C19H21N3O3S. The van der Waals surface area contributed by atoms with Gasteiger partial charge in [-0.15, -0.1) is 0 Å². The molecule has 2 rings (SSSR count). The molecule has 2 aromatic rings. The molecule has 4 N–H and O–H groups in total. The summed E-state index contributed by atoms with van der Waals surface area (Å²) in [4.78, 5) is 23.9. The number of ether oxygens (including phenoxy) is 1. The van der Waals surface area contributed by atoms with Gasteiger partial charge in [0.25, 0.3) is 5.91 Å². The summed E-state index contributed by atoms with van der Waals surface area (Å²) in [7, 11) is 0. The number of hydrogen-bond donors (Lipinski definition) is 3. The Labute approximate surface area is 157 Å². The molecule has 0 saturated carbocycles. The first-order valence-corrected chi connectivity index (χ1v) is 8.65. The highest BCUT2D eigenvalue weighted by molar-refractivity contribution is 7.80. The van der Waals surface area contributed by atoms with Crippen LogP contribution in [0.2, 0.25) is 0 Å². The third kappa shape index (κ3) is 5.86.